The Kier molecular flexibility index (Phi) is 6.19. The summed E-state index contributed by atoms with van der Waals surface area (Å²) in [6.07, 6.45) is 6.84. The highest BCUT2D eigenvalue weighted by molar-refractivity contribution is 9.10. The summed E-state index contributed by atoms with van der Waals surface area (Å²) in [5, 5.41) is 3.13. The summed E-state index contributed by atoms with van der Waals surface area (Å²) in [7, 11) is 0. The van der Waals surface area contributed by atoms with Gasteiger partial charge in [0, 0.05) is 16.6 Å². The molecule has 1 aliphatic heterocycles. The summed E-state index contributed by atoms with van der Waals surface area (Å²) in [5.41, 5.74) is 3.76. The fraction of sp³-hybridized carbons (Fsp3) is 0.393. The van der Waals surface area contributed by atoms with Crippen LogP contribution in [0.1, 0.15) is 37.0 Å². The van der Waals surface area contributed by atoms with Crippen molar-refractivity contribution in [2.45, 2.75) is 45.6 Å². The van der Waals surface area contributed by atoms with E-state index in [1.807, 2.05) is 42.5 Å². The number of allylic oxidation sites excluding steroid dienone is 2. The minimum Gasteiger partial charge on any atom is -0.324 e. The molecule has 5 atom stereocenters. The van der Waals surface area contributed by atoms with Gasteiger partial charge in [-0.1, -0.05) is 72.3 Å². The lowest BCUT2D eigenvalue weighted by Gasteiger charge is -2.28. The summed E-state index contributed by atoms with van der Waals surface area (Å²) >= 11 is 3.57. The maximum Gasteiger partial charge on any atom is 0.248 e. The van der Waals surface area contributed by atoms with E-state index in [0.717, 1.165) is 46.1 Å². The molecule has 2 aromatic rings. The van der Waals surface area contributed by atoms with Crippen molar-refractivity contribution in [1.29, 1.82) is 0 Å². The van der Waals surface area contributed by atoms with Gasteiger partial charge < -0.3 is 5.32 Å². The van der Waals surface area contributed by atoms with Gasteiger partial charge in [-0.3, -0.25) is 19.3 Å². The van der Waals surface area contributed by atoms with Crippen LogP contribution in [0.3, 0.4) is 0 Å². The van der Waals surface area contributed by atoms with Gasteiger partial charge in [-0.2, -0.15) is 0 Å². The second-order valence-corrected chi connectivity index (χ2v) is 10.5. The van der Waals surface area contributed by atoms with Gasteiger partial charge in [0.15, 0.2) is 0 Å². The SMILES string of the molecule is CCc1cc(Br)cc(CC)c1NC(=O)[C@H](Cc1ccccc1)N1C(=O)[C@@H]2[C@@H](C1=O)[C@H]1C=C[C@@H]2C1. The molecule has 2 aromatic carbocycles. The number of amides is 3. The quantitative estimate of drug-likeness (QED) is 0.415. The molecule has 1 saturated heterocycles. The largest absolute Gasteiger partial charge is 0.324 e. The van der Waals surface area contributed by atoms with E-state index in [1.54, 1.807) is 0 Å². The van der Waals surface area contributed by atoms with Gasteiger partial charge in [0.2, 0.25) is 17.7 Å². The number of carbonyl (C=O) groups excluding carboxylic acids is 3. The zero-order valence-corrected chi connectivity index (χ0v) is 21.0. The molecule has 176 valence electrons. The Bertz CT molecular complexity index is 1120. The van der Waals surface area contributed by atoms with Gasteiger partial charge in [-0.25, -0.2) is 0 Å². The average Bonchev–Trinajstić information content (AvgIpc) is 3.53. The van der Waals surface area contributed by atoms with Crippen molar-refractivity contribution in [3.05, 3.63) is 75.8 Å². The number of hydrogen-bond donors (Lipinski definition) is 1. The van der Waals surface area contributed by atoms with E-state index in [2.05, 4.69) is 47.2 Å². The number of imide groups is 1. The maximum absolute atomic E-state index is 13.8. The van der Waals surface area contributed by atoms with E-state index < -0.39 is 6.04 Å². The first-order valence-corrected chi connectivity index (χ1v) is 12.9. The Hall–Kier alpha value is -2.73. The van der Waals surface area contributed by atoms with Crippen molar-refractivity contribution in [3.63, 3.8) is 0 Å². The number of rotatable bonds is 7. The zero-order chi connectivity index (χ0) is 24.0. The van der Waals surface area contributed by atoms with Crippen molar-refractivity contribution in [3.8, 4) is 0 Å². The van der Waals surface area contributed by atoms with E-state index in [0.29, 0.717) is 6.42 Å². The molecule has 6 heteroatoms. The lowest BCUT2D eigenvalue weighted by Crippen LogP contribution is -2.49. The average molecular weight is 521 g/mol. The van der Waals surface area contributed by atoms with Crippen molar-refractivity contribution in [1.82, 2.24) is 4.90 Å². The highest BCUT2D eigenvalue weighted by Crippen LogP contribution is 2.53. The first-order valence-electron chi connectivity index (χ1n) is 12.1. The molecule has 34 heavy (non-hydrogen) atoms. The van der Waals surface area contributed by atoms with Crippen LogP contribution >= 0.6 is 15.9 Å². The zero-order valence-electron chi connectivity index (χ0n) is 19.5. The Morgan fingerprint density at radius 3 is 2.09 bits per heavy atom. The third-order valence-corrected chi connectivity index (χ3v) is 8.12. The number of carbonyl (C=O) groups is 3. The fourth-order valence-electron chi connectivity index (χ4n) is 6.02. The molecule has 2 aliphatic carbocycles. The van der Waals surface area contributed by atoms with Crippen molar-refractivity contribution in [2.75, 3.05) is 5.32 Å². The van der Waals surface area contributed by atoms with Crippen molar-refractivity contribution in [2.24, 2.45) is 23.7 Å². The molecule has 5 nitrogen and oxygen atoms in total. The van der Waals surface area contributed by atoms with Gasteiger partial charge >= 0.3 is 0 Å². The first kappa shape index (κ1) is 23.0. The first-order chi connectivity index (χ1) is 16.4. The van der Waals surface area contributed by atoms with Crippen LogP contribution in [0.5, 0.6) is 0 Å². The Labute approximate surface area is 208 Å². The number of benzene rings is 2. The summed E-state index contributed by atoms with van der Waals surface area (Å²) in [6, 6.07) is 12.8. The van der Waals surface area contributed by atoms with Crippen LogP contribution in [0.4, 0.5) is 5.69 Å². The molecule has 1 heterocycles. The molecule has 2 fully saturated rings. The van der Waals surface area contributed by atoms with Crippen molar-refractivity contribution >= 4 is 39.3 Å². The number of fused-ring (bicyclic) bond motifs is 5. The molecule has 0 spiro atoms. The third kappa shape index (κ3) is 3.82. The minimum atomic E-state index is -0.884. The Morgan fingerprint density at radius 1 is 1.00 bits per heavy atom. The van der Waals surface area contributed by atoms with Crippen LogP contribution < -0.4 is 5.32 Å². The third-order valence-electron chi connectivity index (χ3n) is 7.67. The molecule has 0 unspecified atom stereocenters. The van der Waals surface area contributed by atoms with E-state index in [-0.39, 0.29) is 41.4 Å². The molecule has 1 saturated carbocycles. The van der Waals surface area contributed by atoms with Gasteiger partial charge in [0.1, 0.15) is 6.04 Å². The molecular weight excluding hydrogens is 492 g/mol. The predicted octanol–water partition coefficient (Wildman–Crippen LogP) is 4.93. The van der Waals surface area contributed by atoms with E-state index >= 15 is 0 Å². The second kappa shape index (κ2) is 9.14. The van der Waals surface area contributed by atoms with Crippen LogP contribution in [-0.2, 0) is 33.6 Å². The standard InChI is InChI=1S/C28H29BrN2O3/c1-3-17-14-21(29)15-18(4-2)25(17)30-26(32)22(12-16-8-6-5-7-9-16)31-27(33)23-19-10-11-20(13-19)24(23)28(31)34/h5-11,14-15,19-20,22-24H,3-4,12-13H2,1-2H3,(H,30,32)/t19-,20+,22-,23-,24-/m0/s1. The molecular formula is C28H29BrN2O3. The fourth-order valence-corrected chi connectivity index (χ4v) is 6.57. The van der Waals surface area contributed by atoms with E-state index in [9.17, 15) is 14.4 Å². The van der Waals surface area contributed by atoms with Crippen LogP contribution in [0.2, 0.25) is 0 Å². The summed E-state index contributed by atoms with van der Waals surface area (Å²) in [4.78, 5) is 42.2. The van der Waals surface area contributed by atoms with E-state index in [1.165, 1.54) is 4.90 Å². The van der Waals surface area contributed by atoms with E-state index in [4.69, 9.17) is 0 Å². The van der Waals surface area contributed by atoms with Gasteiger partial charge in [-0.05, 0) is 59.9 Å². The van der Waals surface area contributed by atoms with Crippen LogP contribution in [-0.4, -0.2) is 28.7 Å². The number of aryl methyl sites for hydroxylation is 2. The van der Waals surface area contributed by atoms with Crippen LogP contribution in [0, 0.1) is 23.7 Å². The molecule has 3 amide bonds. The molecule has 5 rings (SSSR count). The Morgan fingerprint density at radius 2 is 1.56 bits per heavy atom. The lowest BCUT2D eigenvalue weighted by atomic mass is 9.85. The molecule has 0 aromatic heterocycles. The van der Waals surface area contributed by atoms with Gasteiger partial charge in [-0.15, -0.1) is 0 Å². The molecule has 1 N–H and O–H groups in total. The number of anilines is 1. The normalized spacial score (nSPS) is 25.7. The predicted molar refractivity (Wildman–Crippen MR) is 135 cm³/mol. The summed E-state index contributed by atoms with van der Waals surface area (Å²) in [6.45, 7) is 4.10. The highest BCUT2D eigenvalue weighted by atomic mass is 79.9. The molecule has 0 radical (unpaired) electrons. The molecule has 3 aliphatic rings. The van der Waals surface area contributed by atoms with Crippen LogP contribution in [0.15, 0.2) is 59.1 Å². The topological polar surface area (TPSA) is 66.5 Å². The highest BCUT2D eigenvalue weighted by Gasteiger charge is 2.61. The maximum atomic E-state index is 13.8. The lowest BCUT2D eigenvalue weighted by molar-refractivity contribution is -0.147. The number of nitrogens with one attached hydrogen (secondary N) is 1. The molecule has 2 bridgehead atoms. The van der Waals surface area contributed by atoms with Gasteiger partial charge in [0.25, 0.3) is 0 Å². The van der Waals surface area contributed by atoms with Gasteiger partial charge in [0.05, 0.1) is 11.8 Å². The minimum absolute atomic E-state index is 0.113. The van der Waals surface area contributed by atoms with Crippen LogP contribution in [0.25, 0.3) is 0 Å². The van der Waals surface area contributed by atoms with Crippen molar-refractivity contribution < 1.29 is 14.4 Å². The summed E-state index contributed by atoms with van der Waals surface area (Å²) < 4.78 is 0.973. The monoisotopic (exact) mass is 520 g/mol. The smallest absolute Gasteiger partial charge is 0.248 e. The number of nitrogens with zero attached hydrogens (tertiary/aromatic N) is 1. The second-order valence-electron chi connectivity index (χ2n) is 9.55. The number of halogens is 1. The Balaban J connectivity index is 1.50. The summed E-state index contributed by atoms with van der Waals surface area (Å²) in [5.74, 6) is -1.10. The number of hydrogen-bond acceptors (Lipinski definition) is 3. The number of likely N-dealkylation sites (tertiary alicyclic amines) is 1.